The van der Waals surface area contributed by atoms with E-state index in [-0.39, 0.29) is 12.1 Å². The predicted octanol–water partition coefficient (Wildman–Crippen LogP) is 1.71. The van der Waals surface area contributed by atoms with Crippen molar-refractivity contribution in [2.45, 2.75) is 57.1 Å². The molecule has 0 aromatic rings. The molecule has 1 heterocycles. The van der Waals surface area contributed by atoms with Crippen LogP contribution in [0.15, 0.2) is 0 Å². The van der Waals surface area contributed by atoms with Crippen LogP contribution in [0.25, 0.3) is 0 Å². The predicted molar refractivity (Wildman–Crippen MR) is 72.8 cm³/mol. The Labute approximate surface area is 111 Å². The van der Waals surface area contributed by atoms with Crippen LogP contribution in [0.3, 0.4) is 0 Å². The van der Waals surface area contributed by atoms with Gasteiger partial charge in [-0.3, -0.25) is 0 Å². The first-order chi connectivity index (χ1) is 8.70. The third-order valence-corrected chi connectivity index (χ3v) is 3.80. The van der Waals surface area contributed by atoms with E-state index in [1.54, 1.807) is 0 Å². The van der Waals surface area contributed by atoms with Crippen LogP contribution in [-0.4, -0.2) is 50.2 Å². The van der Waals surface area contributed by atoms with Gasteiger partial charge in [-0.15, -0.1) is 0 Å². The van der Waals surface area contributed by atoms with E-state index in [0.717, 1.165) is 45.5 Å². The molecule has 1 saturated heterocycles. The summed E-state index contributed by atoms with van der Waals surface area (Å²) in [5.74, 6) is 0. The number of hydrogen-bond donors (Lipinski definition) is 2. The Hall–Kier alpha value is -0.160. The molecule has 2 unspecified atom stereocenters. The maximum absolute atomic E-state index is 9.25. The van der Waals surface area contributed by atoms with Gasteiger partial charge in [0.1, 0.15) is 0 Å². The second kappa shape index (κ2) is 8.86. The highest BCUT2D eigenvalue weighted by Gasteiger charge is 2.19. The molecule has 2 N–H and O–H groups in total. The number of likely N-dealkylation sites (N-methyl/N-ethyl adjacent to an activating group) is 1. The fourth-order valence-corrected chi connectivity index (χ4v) is 2.16. The minimum Gasteiger partial charge on any atom is -0.394 e. The molecular formula is C14H29NO3. The number of aliphatic hydroxyl groups excluding tert-OH is 1. The fraction of sp³-hybridized carbons (Fsp3) is 1.00. The summed E-state index contributed by atoms with van der Waals surface area (Å²) < 4.78 is 11.3. The zero-order chi connectivity index (χ0) is 13.3. The highest BCUT2D eigenvalue weighted by Crippen LogP contribution is 2.14. The van der Waals surface area contributed by atoms with Gasteiger partial charge in [0.2, 0.25) is 0 Å². The van der Waals surface area contributed by atoms with Crippen molar-refractivity contribution in [1.29, 1.82) is 0 Å². The molecule has 0 saturated carbocycles. The Morgan fingerprint density at radius 3 is 2.83 bits per heavy atom. The van der Waals surface area contributed by atoms with Crippen LogP contribution in [0.5, 0.6) is 0 Å². The van der Waals surface area contributed by atoms with Crippen molar-refractivity contribution in [2.24, 2.45) is 0 Å². The number of rotatable bonds is 9. The van der Waals surface area contributed by atoms with Gasteiger partial charge in [0, 0.05) is 18.8 Å². The lowest BCUT2D eigenvalue weighted by molar-refractivity contribution is -0.0413. The van der Waals surface area contributed by atoms with Gasteiger partial charge in [0.25, 0.3) is 0 Å². The first kappa shape index (κ1) is 15.9. The van der Waals surface area contributed by atoms with E-state index in [9.17, 15) is 5.11 Å². The second-order valence-corrected chi connectivity index (χ2v) is 5.49. The molecule has 0 aliphatic carbocycles. The molecule has 4 heteroatoms. The smallest absolute Gasteiger partial charge is 0.0808 e. The van der Waals surface area contributed by atoms with Crippen LogP contribution in [-0.2, 0) is 9.47 Å². The number of nitrogens with one attached hydrogen (secondary N) is 1. The third kappa shape index (κ3) is 6.14. The molecule has 108 valence electrons. The normalized spacial score (nSPS) is 23.8. The summed E-state index contributed by atoms with van der Waals surface area (Å²) in [5, 5.41) is 12.4. The molecule has 0 bridgehead atoms. The number of unbranched alkanes of at least 4 members (excludes halogenated alkanes) is 1. The van der Waals surface area contributed by atoms with E-state index >= 15 is 0 Å². The van der Waals surface area contributed by atoms with E-state index in [1.807, 2.05) is 14.0 Å². The van der Waals surface area contributed by atoms with Crippen molar-refractivity contribution in [2.75, 3.05) is 33.5 Å². The topological polar surface area (TPSA) is 50.7 Å². The highest BCUT2D eigenvalue weighted by atomic mass is 16.5. The summed E-state index contributed by atoms with van der Waals surface area (Å²) in [6.45, 7) is 4.66. The average molecular weight is 259 g/mol. The summed E-state index contributed by atoms with van der Waals surface area (Å²) in [6.07, 6.45) is 7.02. The Morgan fingerprint density at radius 1 is 1.39 bits per heavy atom. The molecular weight excluding hydrogens is 230 g/mol. The molecule has 1 aliphatic rings. The number of aliphatic hydroxyl groups is 1. The average Bonchev–Trinajstić information content (AvgIpc) is 2.43. The monoisotopic (exact) mass is 259 g/mol. The van der Waals surface area contributed by atoms with Gasteiger partial charge in [-0.1, -0.05) is 0 Å². The molecule has 1 aliphatic heterocycles. The number of ether oxygens (including phenoxy) is 2. The van der Waals surface area contributed by atoms with E-state index in [2.05, 4.69) is 5.32 Å². The van der Waals surface area contributed by atoms with Crippen LogP contribution in [0, 0.1) is 0 Å². The lowest BCUT2D eigenvalue weighted by atomic mass is 9.96. The van der Waals surface area contributed by atoms with Gasteiger partial charge in [-0.05, 0) is 52.5 Å². The van der Waals surface area contributed by atoms with Crippen molar-refractivity contribution in [3.8, 4) is 0 Å². The van der Waals surface area contributed by atoms with Crippen LogP contribution in [0.1, 0.15) is 45.4 Å². The molecule has 0 spiro atoms. The molecule has 0 radical (unpaired) electrons. The highest BCUT2D eigenvalue weighted by molar-refractivity contribution is 4.79. The second-order valence-electron chi connectivity index (χ2n) is 5.49. The van der Waals surface area contributed by atoms with Gasteiger partial charge < -0.3 is 19.9 Å². The van der Waals surface area contributed by atoms with Gasteiger partial charge in [-0.2, -0.15) is 0 Å². The summed E-state index contributed by atoms with van der Waals surface area (Å²) in [6, 6.07) is 0. The van der Waals surface area contributed by atoms with Gasteiger partial charge in [0.05, 0.1) is 19.3 Å². The third-order valence-electron chi connectivity index (χ3n) is 3.80. The van der Waals surface area contributed by atoms with Crippen LogP contribution >= 0.6 is 0 Å². The molecule has 0 aromatic heterocycles. The summed E-state index contributed by atoms with van der Waals surface area (Å²) >= 11 is 0. The van der Waals surface area contributed by atoms with Crippen LogP contribution in [0.2, 0.25) is 0 Å². The minimum atomic E-state index is -0.146. The summed E-state index contributed by atoms with van der Waals surface area (Å²) in [7, 11) is 1.90. The Balaban J connectivity index is 1.95. The molecule has 0 amide bonds. The standard InChI is InChI=1S/C14H29NO3/c1-14(12-16,15-2)8-4-6-9-17-11-13-7-3-5-10-18-13/h13,15-16H,3-12H2,1-2H3. The quantitative estimate of drug-likeness (QED) is 0.619. The summed E-state index contributed by atoms with van der Waals surface area (Å²) in [5.41, 5.74) is -0.146. The first-order valence-electron chi connectivity index (χ1n) is 7.19. The molecule has 4 nitrogen and oxygen atoms in total. The van der Waals surface area contributed by atoms with Crippen molar-refractivity contribution in [1.82, 2.24) is 5.32 Å². The van der Waals surface area contributed by atoms with Crippen LogP contribution < -0.4 is 5.32 Å². The summed E-state index contributed by atoms with van der Waals surface area (Å²) in [4.78, 5) is 0. The zero-order valence-corrected chi connectivity index (χ0v) is 11.9. The van der Waals surface area contributed by atoms with E-state index in [0.29, 0.717) is 6.10 Å². The number of hydrogen-bond acceptors (Lipinski definition) is 4. The van der Waals surface area contributed by atoms with Gasteiger partial charge >= 0.3 is 0 Å². The molecule has 2 atom stereocenters. The van der Waals surface area contributed by atoms with E-state index in [1.165, 1.54) is 12.8 Å². The van der Waals surface area contributed by atoms with E-state index in [4.69, 9.17) is 9.47 Å². The lowest BCUT2D eigenvalue weighted by Gasteiger charge is -2.26. The van der Waals surface area contributed by atoms with Crippen molar-refractivity contribution in [3.63, 3.8) is 0 Å². The van der Waals surface area contributed by atoms with Crippen molar-refractivity contribution < 1.29 is 14.6 Å². The molecule has 0 aromatic carbocycles. The molecule has 1 rings (SSSR count). The van der Waals surface area contributed by atoms with E-state index < -0.39 is 0 Å². The maximum atomic E-state index is 9.25. The first-order valence-corrected chi connectivity index (χ1v) is 7.19. The zero-order valence-electron chi connectivity index (χ0n) is 11.9. The fourth-order valence-electron chi connectivity index (χ4n) is 2.16. The largest absolute Gasteiger partial charge is 0.394 e. The lowest BCUT2D eigenvalue weighted by Crippen LogP contribution is -2.43. The Kier molecular flexibility index (Phi) is 7.82. The van der Waals surface area contributed by atoms with Crippen molar-refractivity contribution >= 4 is 0 Å². The minimum absolute atomic E-state index is 0.146. The molecule has 18 heavy (non-hydrogen) atoms. The Bertz CT molecular complexity index is 201. The maximum Gasteiger partial charge on any atom is 0.0808 e. The van der Waals surface area contributed by atoms with Gasteiger partial charge in [0.15, 0.2) is 0 Å². The SMILES string of the molecule is CNC(C)(CO)CCCCOCC1CCCCO1. The van der Waals surface area contributed by atoms with Crippen LogP contribution in [0.4, 0.5) is 0 Å². The Morgan fingerprint density at radius 2 is 2.22 bits per heavy atom. The van der Waals surface area contributed by atoms with Gasteiger partial charge in [-0.25, -0.2) is 0 Å². The van der Waals surface area contributed by atoms with Crippen molar-refractivity contribution in [3.05, 3.63) is 0 Å². The molecule has 1 fully saturated rings.